The van der Waals surface area contributed by atoms with Crippen LogP contribution in [0.5, 0.6) is 11.5 Å². The Morgan fingerprint density at radius 1 is 1.03 bits per heavy atom. The molecule has 2 aromatic rings. The van der Waals surface area contributed by atoms with Crippen molar-refractivity contribution in [2.45, 2.75) is 26.8 Å². The van der Waals surface area contributed by atoms with Crippen LogP contribution in [0.1, 0.15) is 29.7 Å². The minimum Gasteiger partial charge on any atom is -0.486 e. The first-order valence-corrected chi connectivity index (χ1v) is 10.1. The van der Waals surface area contributed by atoms with Gasteiger partial charge in [-0.1, -0.05) is 18.2 Å². The predicted octanol–water partition coefficient (Wildman–Crippen LogP) is 2.82. The quantitative estimate of drug-likeness (QED) is 0.732. The highest BCUT2D eigenvalue weighted by molar-refractivity contribution is 5.93. The fraction of sp³-hybridized carbons (Fsp3) is 0.391. The summed E-state index contributed by atoms with van der Waals surface area (Å²) in [6.07, 6.45) is 0. The second kappa shape index (κ2) is 9.63. The number of carbonyl (C=O) groups is 2. The van der Waals surface area contributed by atoms with Gasteiger partial charge in [0.25, 0.3) is 0 Å². The Kier molecular flexibility index (Phi) is 6.95. The molecular formula is C23H29N3O4. The third-order valence-corrected chi connectivity index (χ3v) is 5.15. The molecule has 0 radical (unpaired) electrons. The minimum absolute atomic E-state index is 0.120. The first kappa shape index (κ1) is 21.6. The van der Waals surface area contributed by atoms with Gasteiger partial charge in [-0.15, -0.1) is 0 Å². The Balaban J connectivity index is 1.49. The van der Waals surface area contributed by atoms with E-state index in [1.165, 1.54) is 0 Å². The summed E-state index contributed by atoms with van der Waals surface area (Å²) in [5.41, 5.74) is 3.89. The molecule has 1 atom stereocenters. The van der Waals surface area contributed by atoms with E-state index in [4.69, 9.17) is 9.47 Å². The lowest BCUT2D eigenvalue weighted by Crippen LogP contribution is -2.39. The average molecular weight is 412 g/mol. The lowest BCUT2D eigenvalue weighted by atomic mass is 10.1. The van der Waals surface area contributed by atoms with Gasteiger partial charge in [-0.05, 0) is 62.7 Å². The number of hydrogen-bond donors (Lipinski definition) is 2. The fourth-order valence-electron chi connectivity index (χ4n) is 3.32. The number of hydrogen-bond acceptors (Lipinski definition) is 5. The number of benzene rings is 2. The van der Waals surface area contributed by atoms with Crippen LogP contribution in [-0.2, 0) is 9.59 Å². The SMILES string of the molecule is Cc1cccc(NC(=O)CN(C)CC(=O)N[C@H](C)c2ccc3c(c2)OCCO3)c1C. The highest BCUT2D eigenvalue weighted by atomic mass is 16.6. The summed E-state index contributed by atoms with van der Waals surface area (Å²) < 4.78 is 11.1. The zero-order valence-electron chi connectivity index (χ0n) is 18.0. The van der Waals surface area contributed by atoms with Gasteiger partial charge in [0.2, 0.25) is 11.8 Å². The lowest BCUT2D eigenvalue weighted by Gasteiger charge is -2.22. The molecule has 160 valence electrons. The molecule has 0 spiro atoms. The smallest absolute Gasteiger partial charge is 0.238 e. The lowest BCUT2D eigenvalue weighted by molar-refractivity contribution is -0.123. The van der Waals surface area contributed by atoms with Gasteiger partial charge in [0.15, 0.2) is 11.5 Å². The molecule has 0 fully saturated rings. The van der Waals surface area contributed by atoms with Crippen LogP contribution < -0.4 is 20.1 Å². The highest BCUT2D eigenvalue weighted by Gasteiger charge is 2.17. The summed E-state index contributed by atoms with van der Waals surface area (Å²) >= 11 is 0. The number of carbonyl (C=O) groups excluding carboxylic acids is 2. The van der Waals surface area contributed by atoms with Crippen LogP contribution in [0.15, 0.2) is 36.4 Å². The van der Waals surface area contributed by atoms with Crippen LogP contribution in [-0.4, -0.2) is 50.1 Å². The molecule has 2 amide bonds. The molecule has 0 aromatic heterocycles. The van der Waals surface area contributed by atoms with Crippen molar-refractivity contribution in [2.75, 3.05) is 38.7 Å². The monoisotopic (exact) mass is 411 g/mol. The molecule has 1 aliphatic rings. The number of nitrogens with one attached hydrogen (secondary N) is 2. The molecule has 2 aromatic carbocycles. The Bertz CT molecular complexity index is 929. The number of likely N-dealkylation sites (N-methyl/N-ethyl adjacent to an activating group) is 1. The van der Waals surface area contributed by atoms with E-state index >= 15 is 0 Å². The number of amides is 2. The number of ether oxygens (including phenoxy) is 2. The second-order valence-corrected chi connectivity index (χ2v) is 7.66. The van der Waals surface area contributed by atoms with Crippen LogP contribution in [0.3, 0.4) is 0 Å². The summed E-state index contributed by atoms with van der Waals surface area (Å²) in [5.74, 6) is 1.11. The Hall–Kier alpha value is -3.06. The normalized spacial score (nSPS) is 13.6. The molecule has 7 heteroatoms. The van der Waals surface area contributed by atoms with E-state index in [0.29, 0.717) is 19.0 Å². The molecular weight excluding hydrogens is 382 g/mol. The first-order valence-electron chi connectivity index (χ1n) is 10.1. The van der Waals surface area contributed by atoms with Crippen LogP contribution in [0.25, 0.3) is 0 Å². The fourth-order valence-corrected chi connectivity index (χ4v) is 3.32. The van der Waals surface area contributed by atoms with E-state index in [2.05, 4.69) is 10.6 Å². The van der Waals surface area contributed by atoms with Crippen LogP contribution in [0.2, 0.25) is 0 Å². The number of rotatable bonds is 7. The standard InChI is InChI=1S/C23H29N3O4/c1-15-6-5-7-19(16(15)2)25-23(28)14-26(4)13-22(27)24-17(3)18-8-9-20-21(12-18)30-11-10-29-20/h5-9,12,17H,10-11,13-14H2,1-4H3,(H,24,27)(H,25,28)/t17-/m1/s1. The van der Waals surface area contributed by atoms with Gasteiger partial charge >= 0.3 is 0 Å². The number of aryl methyl sites for hydroxylation is 1. The van der Waals surface area contributed by atoms with Crippen molar-refractivity contribution >= 4 is 17.5 Å². The average Bonchev–Trinajstić information content (AvgIpc) is 2.70. The summed E-state index contributed by atoms with van der Waals surface area (Å²) in [6, 6.07) is 11.3. The number of fused-ring (bicyclic) bond motifs is 1. The second-order valence-electron chi connectivity index (χ2n) is 7.66. The third-order valence-electron chi connectivity index (χ3n) is 5.15. The topological polar surface area (TPSA) is 79.9 Å². The Labute approximate surface area is 177 Å². The maximum atomic E-state index is 12.4. The van der Waals surface area contributed by atoms with E-state index in [0.717, 1.165) is 28.1 Å². The molecule has 0 bridgehead atoms. The zero-order chi connectivity index (χ0) is 21.7. The van der Waals surface area contributed by atoms with E-state index < -0.39 is 0 Å². The molecule has 1 heterocycles. The Morgan fingerprint density at radius 3 is 2.50 bits per heavy atom. The van der Waals surface area contributed by atoms with E-state index in [1.54, 1.807) is 11.9 Å². The van der Waals surface area contributed by atoms with Crippen molar-refractivity contribution in [3.05, 3.63) is 53.1 Å². The van der Waals surface area contributed by atoms with Gasteiger partial charge in [0.05, 0.1) is 19.1 Å². The maximum absolute atomic E-state index is 12.4. The van der Waals surface area contributed by atoms with E-state index in [9.17, 15) is 9.59 Å². The van der Waals surface area contributed by atoms with E-state index in [1.807, 2.05) is 57.2 Å². The van der Waals surface area contributed by atoms with Crippen LogP contribution in [0.4, 0.5) is 5.69 Å². The summed E-state index contributed by atoms with van der Waals surface area (Å²) in [5, 5.41) is 5.88. The minimum atomic E-state index is -0.189. The van der Waals surface area contributed by atoms with Gasteiger partial charge in [-0.3, -0.25) is 14.5 Å². The molecule has 7 nitrogen and oxygen atoms in total. The summed E-state index contributed by atoms with van der Waals surface area (Å²) in [6.45, 7) is 7.20. The molecule has 2 N–H and O–H groups in total. The van der Waals surface area contributed by atoms with Crippen molar-refractivity contribution < 1.29 is 19.1 Å². The first-order chi connectivity index (χ1) is 14.3. The van der Waals surface area contributed by atoms with Crippen LogP contribution in [0, 0.1) is 13.8 Å². The van der Waals surface area contributed by atoms with Gasteiger partial charge in [0, 0.05) is 5.69 Å². The summed E-state index contributed by atoms with van der Waals surface area (Å²) in [4.78, 5) is 26.4. The zero-order valence-corrected chi connectivity index (χ0v) is 18.0. The Morgan fingerprint density at radius 2 is 1.73 bits per heavy atom. The van der Waals surface area contributed by atoms with E-state index in [-0.39, 0.29) is 30.9 Å². The van der Waals surface area contributed by atoms with Crippen molar-refractivity contribution in [3.8, 4) is 11.5 Å². The predicted molar refractivity (Wildman–Crippen MR) is 116 cm³/mol. The molecule has 3 rings (SSSR count). The maximum Gasteiger partial charge on any atom is 0.238 e. The largest absolute Gasteiger partial charge is 0.486 e. The molecule has 0 saturated carbocycles. The van der Waals surface area contributed by atoms with Gasteiger partial charge in [0.1, 0.15) is 13.2 Å². The number of nitrogens with zero attached hydrogens (tertiary/aromatic N) is 1. The van der Waals surface area contributed by atoms with Crippen molar-refractivity contribution in [3.63, 3.8) is 0 Å². The molecule has 0 aliphatic carbocycles. The van der Waals surface area contributed by atoms with Gasteiger partial charge in [-0.2, -0.15) is 0 Å². The van der Waals surface area contributed by atoms with Crippen molar-refractivity contribution in [1.29, 1.82) is 0 Å². The third kappa shape index (κ3) is 5.51. The molecule has 0 saturated heterocycles. The molecule has 30 heavy (non-hydrogen) atoms. The van der Waals surface area contributed by atoms with Gasteiger partial charge in [-0.25, -0.2) is 0 Å². The molecule has 0 unspecified atom stereocenters. The summed E-state index contributed by atoms with van der Waals surface area (Å²) in [7, 11) is 1.75. The highest BCUT2D eigenvalue weighted by Crippen LogP contribution is 2.32. The molecule has 1 aliphatic heterocycles. The van der Waals surface area contributed by atoms with Crippen molar-refractivity contribution in [2.24, 2.45) is 0 Å². The number of anilines is 1. The van der Waals surface area contributed by atoms with Crippen molar-refractivity contribution in [1.82, 2.24) is 10.2 Å². The van der Waals surface area contributed by atoms with Crippen LogP contribution >= 0.6 is 0 Å². The van der Waals surface area contributed by atoms with Gasteiger partial charge < -0.3 is 20.1 Å².